The molecule has 2 aliphatic rings. The van der Waals surface area contributed by atoms with Crippen LogP contribution < -0.4 is 11.3 Å². The number of nitrogen functional groups attached to an aromatic ring is 1. The van der Waals surface area contributed by atoms with Crippen molar-refractivity contribution in [3.8, 4) is 0 Å². The van der Waals surface area contributed by atoms with E-state index in [1.165, 1.54) is 34.6 Å². The number of carbonyl (C=O) groups is 1. The first-order valence-corrected chi connectivity index (χ1v) is 7.45. The molecule has 1 amide bonds. The van der Waals surface area contributed by atoms with Gasteiger partial charge in [0.15, 0.2) is 0 Å². The van der Waals surface area contributed by atoms with Crippen LogP contribution in [0.2, 0.25) is 0 Å². The molecular weight excluding hydrogens is 262 g/mol. The second-order valence-corrected chi connectivity index (χ2v) is 6.57. The van der Waals surface area contributed by atoms with Gasteiger partial charge in [-0.05, 0) is 31.4 Å². The lowest BCUT2D eigenvalue weighted by Gasteiger charge is -2.32. The summed E-state index contributed by atoms with van der Waals surface area (Å²) in [5.41, 5.74) is 3.41. The summed E-state index contributed by atoms with van der Waals surface area (Å²) in [4.78, 5) is 15.8. The number of hydrogen-bond acceptors (Lipinski definition) is 5. The molecule has 3 rings (SSSR count). The van der Waals surface area contributed by atoms with Gasteiger partial charge in [-0.2, -0.15) is 0 Å². The Hall–Kier alpha value is -0.950. The second-order valence-electron chi connectivity index (χ2n) is 5.32. The number of nitrogens with two attached hydrogens (primary N) is 1. The van der Waals surface area contributed by atoms with Crippen LogP contribution in [0, 0.1) is 6.92 Å². The summed E-state index contributed by atoms with van der Waals surface area (Å²) in [5, 5.41) is 0. The van der Waals surface area contributed by atoms with Crippen molar-refractivity contribution >= 4 is 17.2 Å². The molecule has 0 aromatic carbocycles. The third-order valence-electron chi connectivity index (χ3n) is 3.89. The fraction of sp³-hybridized carbons (Fsp3) is 0.615. The van der Waals surface area contributed by atoms with Gasteiger partial charge < -0.3 is 4.74 Å². The molecule has 2 aliphatic heterocycles. The maximum atomic E-state index is 11.5. The van der Waals surface area contributed by atoms with Gasteiger partial charge in [-0.3, -0.25) is 15.1 Å². The highest BCUT2D eigenvalue weighted by Gasteiger charge is 2.33. The van der Waals surface area contributed by atoms with E-state index in [4.69, 9.17) is 10.6 Å². The number of rotatable bonds is 3. The first kappa shape index (κ1) is 13.1. The summed E-state index contributed by atoms with van der Waals surface area (Å²) in [5.74, 6) is 4.97. The van der Waals surface area contributed by atoms with Crippen LogP contribution in [-0.2, 0) is 11.3 Å². The molecule has 0 radical (unpaired) electrons. The van der Waals surface area contributed by atoms with Crippen LogP contribution in [0.25, 0.3) is 0 Å². The fourth-order valence-electron chi connectivity index (χ4n) is 2.93. The monoisotopic (exact) mass is 281 g/mol. The largest absolute Gasteiger partial charge is 0.372 e. The summed E-state index contributed by atoms with van der Waals surface area (Å²) in [6.07, 6.45) is 3.18. The number of morpholine rings is 1. The highest BCUT2D eigenvalue weighted by molar-refractivity contribution is 7.14. The highest BCUT2D eigenvalue weighted by Crippen LogP contribution is 2.29. The third kappa shape index (κ3) is 2.67. The predicted octanol–water partition coefficient (Wildman–Crippen LogP) is 1.02. The van der Waals surface area contributed by atoms with Crippen LogP contribution in [0.1, 0.15) is 33.0 Å². The number of ether oxygens (including phenoxy) is 1. The van der Waals surface area contributed by atoms with Gasteiger partial charge in [0.2, 0.25) is 0 Å². The van der Waals surface area contributed by atoms with Crippen LogP contribution in [0.3, 0.4) is 0 Å². The number of nitrogens with one attached hydrogen (secondary N) is 1. The topological polar surface area (TPSA) is 67.6 Å². The lowest BCUT2D eigenvalue weighted by atomic mass is 10.2. The number of aryl methyl sites for hydroxylation is 1. The minimum Gasteiger partial charge on any atom is -0.372 e. The molecule has 1 aromatic heterocycles. The first-order valence-electron chi connectivity index (χ1n) is 6.64. The van der Waals surface area contributed by atoms with E-state index in [2.05, 4.69) is 17.2 Å². The average molecular weight is 281 g/mol. The van der Waals surface area contributed by atoms with Gasteiger partial charge in [-0.25, -0.2) is 5.84 Å². The number of hydrazine groups is 1. The average Bonchev–Trinajstić information content (AvgIpc) is 2.92. The standard InChI is InChI=1S/C13H19N3O2S/c1-8-9(4-12(19-8)13(17)15-14)5-16-6-10-2-3-11(7-16)18-10/h4,10-11H,2-3,5-7,14H2,1H3,(H,15,17). The zero-order valence-corrected chi connectivity index (χ0v) is 11.8. The van der Waals surface area contributed by atoms with E-state index in [1.807, 2.05) is 6.07 Å². The summed E-state index contributed by atoms with van der Waals surface area (Å²) in [6.45, 7) is 4.97. The minimum absolute atomic E-state index is 0.207. The number of likely N-dealkylation sites (tertiary alicyclic amines) is 1. The summed E-state index contributed by atoms with van der Waals surface area (Å²) >= 11 is 1.50. The van der Waals surface area contributed by atoms with E-state index in [9.17, 15) is 4.79 Å². The van der Waals surface area contributed by atoms with E-state index in [0.717, 1.165) is 19.6 Å². The molecule has 1 aromatic rings. The van der Waals surface area contributed by atoms with E-state index in [0.29, 0.717) is 17.1 Å². The van der Waals surface area contributed by atoms with E-state index in [1.54, 1.807) is 0 Å². The maximum Gasteiger partial charge on any atom is 0.275 e. The van der Waals surface area contributed by atoms with Crippen LogP contribution in [0.4, 0.5) is 0 Å². The zero-order chi connectivity index (χ0) is 13.4. The summed E-state index contributed by atoms with van der Waals surface area (Å²) in [6, 6.07) is 1.96. The Kier molecular flexibility index (Phi) is 3.58. The Morgan fingerprint density at radius 1 is 1.53 bits per heavy atom. The molecule has 2 atom stereocenters. The molecule has 0 aliphatic carbocycles. The fourth-order valence-corrected chi connectivity index (χ4v) is 3.87. The van der Waals surface area contributed by atoms with E-state index >= 15 is 0 Å². The van der Waals surface area contributed by atoms with Crippen LogP contribution in [-0.4, -0.2) is 36.1 Å². The van der Waals surface area contributed by atoms with Crippen molar-refractivity contribution in [2.75, 3.05) is 13.1 Å². The van der Waals surface area contributed by atoms with Crippen molar-refractivity contribution < 1.29 is 9.53 Å². The van der Waals surface area contributed by atoms with Crippen molar-refractivity contribution in [1.29, 1.82) is 0 Å². The molecule has 19 heavy (non-hydrogen) atoms. The maximum absolute atomic E-state index is 11.5. The number of thiophene rings is 1. The molecule has 0 spiro atoms. The second kappa shape index (κ2) is 5.20. The molecule has 2 fully saturated rings. The normalized spacial score (nSPS) is 26.6. The SMILES string of the molecule is Cc1sc(C(=O)NN)cc1CN1CC2CCC(C1)O2. The highest BCUT2D eigenvalue weighted by atomic mass is 32.1. The van der Waals surface area contributed by atoms with Gasteiger partial charge in [-0.1, -0.05) is 0 Å². The molecule has 0 saturated carbocycles. The van der Waals surface area contributed by atoms with Crippen molar-refractivity contribution in [2.45, 2.75) is 38.5 Å². The molecule has 2 bridgehead atoms. The Morgan fingerprint density at radius 2 is 2.21 bits per heavy atom. The van der Waals surface area contributed by atoms with Gasteiger partial charge in [0.05, 0.1) is 17.1 Å². The lowest BCUT2D eigenvalue weighted by molar-refractivity contribution is -0.0410. The first-order chi connectivity index (χ1) is 9.15. The molecule has 2 unspecified atom stereocenters. The van der Waals surface area contributed by atoms with Crippen molar-refractivity contribution in [2.24, 2.45) is 5.84 Å². The smallest absolute Gasteiger partial charge is 0.275 e. The molecule has 3 N–H and O–H groups in total. The number of carbonyl (C=O) groups excluding carboxylic acids is 1. The molecule has 104 valence electrons. The van der Waals surface area contributed by atoms with E-state index < -0.39 is 0 Å². The molecule has 5 nitrogen and oxygen atoms in total. The summed E-state index contributed by atoms with van der Waals surface area (Å²) < 4.78 is 5.84. The zero-order valence-electron chi connectivity index (χ0n) is 11.0. The Morgan fingerprint density at radius 3 is 2.84 bits per heavy atom. The van der Waals surface area contributed by atoms with Crippen LogP contribution in [0.5, 0.6) is 0 Å². The van der Waals surface area contributed by atoms with Crippen molar-refractivity contribution in [3.05, 3.63) is 21.4 Å². The van der Waals surface area contributed by atoms with Crippen LogP contribution >= 0.6 is 11.3 Å². The third-order valence-corrected chi connectivity index (χ3v) is 4.98. The van der Waals surface area contributed by atoms with Gasteiger partial charge in [-0.15, -0.1) is 11.3 Å². The Bertz CT molecular complexity index is 476. The van der Waals surface area contributed by atoms with Gasteiger partial charge in [0, 0.05) is 24.5 Å². The van der Waals surface area contributed by atoms with E-state index in [-0.39, 0.29) is 5.91 Å². The quantitative estimate of drug-likeness (QED) is 0.493. The van der Waals surface area contributed by atoms with Gasteiger partial charge >= 0.3 is 0 Å². The van der Waals surface area contributed by atoms with Crippen molar-refractivity contribution in [3.63, 3.8) is 0 Å². The number of nitrogens with zero attached hydrogens (tertiary/aromatic N) is 1. The number of amides is 1. The Labute approximate surface area is 116 Å². The van der Waals surface area contributed by atoms with Crippen molar-refractivity contribution in [1.82, 2.24) is 10.3 Å². The predicted molar refractivity (Wildman–Crippen MR) is 73.9 cm³/mol. The number of hydrogen-bond donors (Lipinski definition) is 2. The Balaban J connectivity index is 1.69. The van der Waals surface area contributed by atoms with Gasteiger partial charge in [0.25, 0.3) is 5.91 Å². The molecule has 6 heteroatoms. The molecule has 3 heterocycles. The molecular formula is C13H19N3O2S. The summed E-state index contributed by atoms with van der Waals surface area (Å²) in [7, 11) is 0. The molecule has 2 saturated heterocycles. The number of fused-ring (bicyclic) bond motifs is 2. The minimum atomic E-state index is -0.207. The van der Waals surface area contributed by atoms with Crippen LogP contribution in [0.15, 0.2) is 6.07 Å². The van der Waals surface area contributed by atoms with Gasteiger partial charge in [0.1, 0.15) is 0 Å². The lowest BCUT2D eigenvalue weighted by Crippen LogP contribution is -2.42.